The molecule has 1 aliphatic carbocycles. The summed E-state index contributed by atoms with van der Waals surface area (Å²) in [5, 5.41) is 0. The molecule has 0 aromatic heterocycles. The molecule has 0 bridgehead atoms. The second-order valence-electron chi connectivity index (χ2n) is 6.21. The van der Waals surface area contributed by atoms with Crippen molar-refractivity contribution in [3.8, 4) is 17.2 Å². The van der Waals surface area contributed by atoms with E-state index in [2.05, 4.69) is 13.8 Å². The van der Waals surface area contributed by atoms with E-state index in [-0.39, 0.29) is 17.6 Å². The molecule has 25 heavy (non-hydrogen) atoms. The summed E-state index contributed by atoms with van der Waals surface area (Å²) in [6.07, 6.45) is 2.48. The number of carbonyl (C=O) groups is 1. The summed E-state index contributed by atoms with van der Waals surface area (Å²) in [6.45, 7) is 4.21. The summed E-state index contributed by atoms with van der Waals surface area (Å²) >= 11 is 0. The van der Waals surface area contributed by atoms with Crippen molar-refractivity contribution in [3.63, 3.8) is 0 Å². The fraction of sp³-hybridized carbons (Fsp3) is 0.632. The number of hydrogen-bond acceptors (Lipinski definition) is 6. The van der Waals surface area contributed by atoms with Gasteiger partial charge in [0, 0.05) is 18.9 Å². The van der Waals surface area contributed by atoms with Gasteiger partial charge in [-0.3, -0.25) is 0 Å². The van der Waals surface area contributed by atoms with Crippen LogP contribution in [0.4, 0.5) is 0 Å². The van der Waals surface area contributed by atoms with Crippen LogP contribution in [-0.4, -0.2) is 46.6 Å². The minimum atomic E-state index is -0.398. The number of esters is 1. The number of rotatable bonds is 8. The third kappa shape index (κ3) is 3.27. The van der Waals surface area contributed by atoms with Crippen LogP contribution < -0.4 is 14.2 Å². The zero-order valence-electron chi connectivity index (χ0n) is 15.9. The van der Waals surface area contributed by atoms with E-state index < -0.39 is 5.97 Å². The van der Waals surface area contributed by atoms with Crippen LogP contribution in [0.2, 0.25) is 0 Å². The summed E-state index contributed by atoms with van der Waals surface area (Å²) in [7, 11) is 6.26. The van der Waals surface area contributed by atoms with Gasteiger partial charge in [0.05, 0.1) is 33.0 Å². The molecule has 0 unspecified atom stereocenters. The SMILES string of the molecule is CCC1(CC)[C@@H](OC(=O)c2cc(OC)c(OC)c(OC)c2)C[C@H]1OC. The highest BCUT2D eigenvalue weighted by molar-refractivity contribution is 5.91. The molecule has 1 aromatic carbocycles. The van der Waals surface area contributed by atoms with E-state index in [9.17, 15) is 4.79 Å². The van der Waals surface area contributed by atoms with E-state index in [1.807, 2.05) is 0 Å². The van der Waals surface area contributed by atoms with E-state index in [1.165, 1.54) is 21.3 Å². The van der Waals surface area contributed by atoms with E-state index in [0.717, 1.165) is 12.8 Å². The fourth-order valence-corrected chi connectivity index (χ4v) is 3.76. The minimum absolute atomic E-state index is 0.120. The predicted octanol–water partition coefficient (Wildman–Crippen LogP) is 3.46. The number of carbonyl (C=O) groups excluding carboxylic acids is 1. The van der Waals surface area contributed by atoms with Crippen LogP contribution >= 0.6 is 0 Å². The molecule has 0 saturated heterocycles. The zero-order chi connectivity index (χ0) is 18.6. The Labute approximate surface area is 149 Å². The molecule has 1 aromatic rings. The lowest BCUT2D eigenvalue weighted by molar-refractivity contribution is -0.186. The van der Waals surface area contributed by atoms with Crippen LogP contribution in [0.15, 0.2) is 12.1 Å². The average Bonchev–Trinajstić information content (AvgIpc) is 2.64. The third-order valence-electron chi connectivity index (χ3n) is 5.46. The predicted molar refractivity (Wildman–Crippen MR) is 93.7 cm³/mol. The molecule has 0 spiro atoms. The van der Waals surface area contributed by atoms with Crippen molar-refractivity contribution < 1.29 is 28.5 Å². The Hall–Kier alpha value is -1.95. The van der Waals surface area contributed by atoms with Crippen LogP contribution in [0.3, 0.4) is 0 Å². The highest BCUT2D eigenvalue weighted by atomic mass is 16.6. The largest absolute Gasteiger partial charge is 0.493 e. The summed E-state index contributed by atoms with van der Waals surface area (Å²) in [4.78, 5) is 12.7. The lowest BCUT2D eigenvalue weighted by Gasteiger charge is -2.53. The van der Waals surface area contributed by atoms with Gasteiger partial charge >= 0.3 is 5.97 Å². The molecule has 6 heteroatoms. The molecule has 0 aliphatic heterocycles. The first-order valence-corrected chi connectivity index (χ1v) is 8.54. The number of benzene rings is 1. The fourth-order valence-electron chi connectivity index (χ4n) is 3.76. The normalized spacial score (nSPS) is 21.2. The monoisotopic (exact) mass is 352 g/mol. The Morgan fingerprint density at radius 3 is 1.96 bits per heavy atom. The molecule has 1 fully saturated rings. The van der Waals surface area contributed by atoms with E-state index >= 15 is 0 Å². The first kappa shape index (κ1) is 19.4. The van der Waals surface area contributed by atoms with Gasteiger partial charge in [-0.05, 0) is 25.0 Å². The molecule has 140 valence electrons. The number of methoxy groups -OCH3 is 4. The molecule has 6 nitrogen and oxygen atoms in total. The maximum atomic E-state index is 12.7. The summed E-state index contributed by atoms with van der Waals surface area (Å²) < 4.78 is 27.2. The Bertz CT molecular complexity index is 583. The summed E-state index contributed by atoms with van der Waals surface area (Å²) in [5.41, 5.74) is 0.252. The van der Waals surface area contributed by atoms with Gasteiger partial charge in [-0.25, -0.2) is 4.79 Å². The topological polar surface area (TPSA) is 63.2 Å². The number of hydrogen-bond donors (Lipinski definition) is 0. The minimum Gasteiger partial charge on any atom is -0.493 e. The first-order chi connectivity index (χ1) is 12.0. The van der Waals surface area contributed by atoms with Crippen LogP contribution in [-0.2, 0) is 9.47 Å². The molecule has 0 radical (unpaired) electrons. The maximum absolute atomic E-state index is 12.7. The highest BCUT2D eigenvalue weighted by Crippen LogP contribution is 2.50. The Balaban J connectivity index is 2.24. The van der Waals surface area contributed by atoms with Crippen LogP contribution in [0.25, 0.3) is 0 Å². The Morgan fingerprint density at radius 1 is 1.00 bits per heavy atom. The first-order valence-electron chi connectivity index (χ1n) is 8.54. The van der Waals surface area contributed by atoms with Crippen LogP contribution in [0.1, 0.15) is 43.5 Å². The van der Waals surface area contributed by atoms with Crippen molar-refractivity contribution in [1.82, 2.24) is 0 Å². The molecule has 1 aliphatic rings. The van der Waals surface area contributed by atoms with Crippen LogP contribution in [0.5, 0.6) is 17.2 Å². The van der Waals surface area contributed by atoms with Crippen molar-refractivity contribution in [2.45, 2.75) is 45.3 Å². The van der Waals surface area contributed by atoms with E-state index in [0.29, 0.717) is 29.2 Å². The number of ether oxygens (including phenoxy) is 5. The third-order valence-corrected chi connectivity index (χ3v) is 5.46. The van der Waals surface area contributed by atoms with Gasteiger partial charge in [-0.15, -0.1) is 0 Å². The lowest BCUT2D eigenvalue weighted by atomic mass is 9.60. The molecule has 0 heterocycles. The lowest BCUT2D eigenvalue weighted by Crippen LogP contribution is -2.58. The smallest absolute Gasteiger partial charge is 0.338 e. The maximum Gasteiger partial charge on any atom is 0.338 e. The van der Waals surface area contributed by atoms with Gasteiger partial charge in [-0.1, -0.05) is 13.8 Å². The second-order valence-corrected chi connectivity index (χ2v) is 6.21. The van der Waals surface area contributed by atoms with Crippen molar-refractivity contribution in [1.29, 1.82) is 0 Å². The molecule has 0 amide bonds. The summed E-state index contributed by atoms with van der Waals surface area (Å²) in [6, 6.07) is 3.21. The highest BCUT2D eigenvalue weighted by Gasteiger charge is 2.55. The van der Waals surface area contributed by atoms with Gasteiger partial charge < -0.3 is 23.7 Å². The van der Waals surface area contributed by atoms with Crippen molar-refractivity contribution in [3.05, 3.63) is 17.7 Å². The standard InChI is InChI=1S/C19H28O6/c1-7-19(8-2)15(23-5)11-16(19)25-18(20)12-9-13(21-3)17(24-6)14(10-12)22-4/h9-10,15-16H,7-8,11H2,1-6H3/t15-,16+/m1/s1. The second kappa shape index (κ2) is 7.95. The molecular formula is C19H28O6. The van der Waals surface area contributed by atoms with Gasteiger partial charge in [0.25, 0.3) is 0 Å². The Morgan fingerprint density at radius 2 is 1.56 bits per heavy atom. The van der Waals surface area contributed by atoms with Gasteiger partial charge in [0.2, 0.25) is 5.75 Å². The molecule has 0 N–H and O–H groups in total. The van der Waals surface area contributed by atoms with Gasteiger partial charge in [0.15, 0.2) is 11.5 Å². The van der Waals surface area contributed by atoms with Gasteiger partial charge in [0.1, 0.15) is 6.10 Å². The summed E-state index contributed by atoms with van der Waals surface area (Å²) in [5.74, 6) is 0.898. The molecule has 2 rings (SSSR count). The van der Waals surface area contributed by atoms with Crippen molar-refractivity contribution in [2.75, 3.05) is 28.4 Å². The average molecular weight is 352 g/mol. The van der Waals surface area contributed by atoms with Crippen LogP contribution in [0, 0.1) is 5.41 Å². The molecule has 1 saturated carbocycles. The van der Waals surface area contributed by atoms with Crippen molar-refractivity contribution >= 4 is 5.97 Å². The molecule has 2 atom stereocenters. The zero-order valence-corrected chi connectivity index (χ0v) is 15.9. The van der Waals surface area contributed by atoms with Gasteiger partial charge in [-0.2, -0.15) is 0 Å². The Kier molecular flexibility index (Phi) is 6.16. The van der Waals surface area contributed by atoms with E-state index in [1.54, 1.807) is 19.2 Å². The quantitative estimate of drug-likeness (QED) is 0.668. The van der Waals surface area contributed by atoms with E-state index in [4.69, 9.17) is 23.7 Å². The van der Waals surface area contributed by atoms with Crippen molar-refractivity contribution in [2.24, 2.45) is 5.41 Å². The molecular weight excluding hydrogens is 324 g/mol.